The second-order valence-electron chi connectivity index (χ2n) is 12.6. The first-order valence-electron chi connectivity index (χ1n) is 18.8. The molecule has 272 valence electrons. The minimum Gasteiger partial charge on any atom is -0.462 e. The summed E-state index contributed by atoms with van der Waals surface area (Å²) in [6.45, 7) is 18.3. The number of unbranched alkanes of at least 4 members (excludes halogenated alkanes) is 6. The number of carbonyl (C=O) groups is 2. The van der Waals surface area contributed by atoms with Crippen LogP contribution in [0, 0.1) is 0 Å². The van der Waals surface area contributed by atoms with Gasteiger partial charge in [0.1, 0.15) is 4.88 Å². The predicted octanol–water partition coefficient (Wildman–Crippen LogP) is 13.5. The van der Waals surface area contributed by atoms with Gasteiger partial charge >= 0.3 is 256 Å². The minimum absolute atomic E-state index is 0.134. The van der Waals surface area contributed by atoms with Gasteiger partial charge in [-0.3, -0.25) is 0 Å². The van der Waals surface area contributed by atoms with E-state index in [4.69, 9.17) is 18.4 Å². The summed E-state index contributed by atoms with van der Waals surface area (Å²) in [4.78, 5) is 24.4. The van der Waals surface area contributed by atoms with Crippen LogP contribution in [-0.4, -0.2) is 60.8 Å². The predicted molar refractivity (Wildman–Crippen MR) is 216 cm³/mol. The molecule has 0 amide bonds. The summed E-state index contributed by atoms with van der Waals surface area (Å²) in [5.74, 6) is -0.358. The molecule has 0 aromatic carbocycles. The van der Waals surface area contributed by atoms with E-state index in [1.54, 1.807) is 27.2 Å². The van der Waals surface area contributed by atoms with Gasteiger partial charge in [0.2, 0.25) is 0 Å². The number of halogens is 1. The molecule has 0 fully saturated rings. The largest absolute Gasteiger partial charge is 0.462 e. The Morgan fingerprint density at radius 3 is 1.36 bits per heavy atom. The summed E-state index contributed by atoms with van der Waals surface area (Å²) in [5, 5.41) is 1.85. The van der Waals surface area contributed by atoms with Gasteiger partial charge in [0.05, 0.1) is 6.61 Å². The van der Waals surface area contributed by atoms with Crippen molar-refractivity contribution < 1.29 is 19.1 Å². The van der Waals surface area contributed by atoms with E-state index in [0.717, 1.165) is 4.88 Å². The molecule has 0 unspecified atom stereocenters. The molecule has 0 N–H and O–H groups in total. The number of rotatable bonds is 23. The minimum atomic E-state index is -2.36. The Hall–Kier alpha value is 0.227. The Morgan fingerprint density at radius 1 is 0.596 bits per heavy atom. The van der Waals surface area contributed by atoms with E-state index >= 15 is 0 Å². The first-order chi connectivity index (χ1) is 22.7. The van der Waals surface area contributed by atoms with Crippen molar-refractivity contribution in [3.8, 4) is 0 Å². The van der Waals surface area contributed by atoms with Crippen LogP contribution in [0.3, 0.4) is 0 Å². The molecule has 0 radical (unpaired) electrons. The van der Waals surface area contributed by atoms with Gasteiger partial charge in [0.15, 0.2) is 0 Å². The quantitative estimate of drug-likeness (QED) is 0.0823. The molecule has 0 bridgehead atoms. The zero-order valence-electron chi connectivity index (χ0n) is 31.4. The van der Waals surface area contributed by atoms with Crippen molar-refractivity contribution in [2.75, 3.05) is 13.2 Å². The fourth-order valence-corrected chi connectivity index (χ4v) is 39.6. The molecule has 2 aromatic heterocycles. The normalized spacial score (nSPS) is 11.3. The van der Waals surface area contributed by atoms with Crippen LogP contribution in [0.1, 0.15) is 152 Å². The van der Waals surface area contributed by atoms with Gasteiger partial charge in [-0.2, -0.15) is 0 Å². The van der Waals surface area contributed by atoms with E-state index in [0.29, 0.717) is 18.1 Å². The topological polar surface area (TPSA) is 52.6 Å². The Bertz CT molecular complexity index is 985. The molecule has 47 heavy (non-hydrogen) atoms. The van der Waals surface area contributed by atoms with Gasteiger partial charge in [-0.1, -0.05) is 6.07 Å². The Kier molecular flexibility index (Phi) is 30.1. The van der Waals surface area contributed by atoms with Gasteiger partial charge < -0.3 is 4.74 Å². The maximum absolute atomic E-state index is 12.0. The first kappa shape index (κ1) is 47.2. The number of carbonyl (C=O) groups excluding carboxylic acids is 2. The van der Waals surface area contributed by atoms with Gasteiger partial charge in [-0.15, -0.1) is 11.3 Å². The van der Waals surface area contributed by atoms with Crippen molar-refractivity contribution >= 4 is 82.1 Å². The molecule has 0 saturated carbocycles. The van der Waals surface area contributed by atoms with Gasteiger partial charge in [-0.05, 0) is 18.4 Å². The van der Waals surface area contributed by atoms with E-state index in [1.807, 2.05) is 24.4 Å². The molecule has 0 aliphatic carbocycles. The molecular weight excluding hydrogens is 857 g/mol. The van der Waals surface area contributed by atoms with Crippen molar-refractivity contribution in [2.24, 2.45) is 0 Å². The molecule has 0 aliphatic heterocycles. The van der Waals surface area contributed by atoms with Crippen molar-refractivity contribution in [2.45, 2.75) is 159 Å². The summed E-state index contributed by atoms with van der Waals surface area (Å²) >= 11 is -1.30. The van der Waals surface area contributed by atoms with E-state index in [2.05, 4.69) is 47.6 Å². The van der Waals surface area contributed by atoms with Crippen LogP contribution in [-0.2, 0) is 9.47 Å². The molecule has 2 rings (SSSR count). The standard InChI is InChI=1S/C7H8O2S.C7H7O2S.6C4H9.ClH.2Sn/c2*1-2-9-7(8)6-4-3-5-10-6;6*1-3-4-2;;;/h3-5H,2H2,1H3;3-4H,2H2,1H3;6*1,3-4H2,2H3;1H;;/q;;;;;;;;;;+1/p-1. The molecule has 2 aromatic rings. The van der Waals surface area contributed by atoms with Gasteiger partial charge in [-0.25, -0.2) is 4.79 Å². The summed E-state index contributed by atoms with van der Waals surface area (Å²) < 4.78 is 20.2. The molecule has 0 aliphatic rings. The zero-order valence-corrected chi connectivity index (χ0v) is 39.5. The maximum atomic E-state index is 12.0. The fourth-order valence-electron chi connectivity index (χ4n) is 5.68. The Balaban J connectivity index is 0.000000746. The van der Waals surface area contributed by atoms with Crippen molar-refractivity contribution in [1.82, 2.24) is 0 Å². The molecule has 4 nitrogen and oxygen atoms in total. The third-order valence-corrected chi connectivity index (χ3v) is 43.3. The molecule has 2 heterocycles. The monoisotopic (exact) mass is 928 g/mol. The van der Waals surface area contributed by atoms with Crippen LogP contribution in [0.25, 0.3) is 0 Å². The molecule has 0 saturated heterocycles. The zero-order chi connectivity index (χ0) is 35.4. The van der Waals surface area contributed by atoms with Crippen LogP contribution in [0.4, 0.5) is 0 Å². The second-order valence-corrected chi connectivity index (χ2v) is 45.1. The number of thiophene rings is 2. The average Bonchev–Trinajstić information content (AvgIpc) is 3.81. The molecular formula is C38H69ClO4S2Sn2. The third-order valence-electron chi connectivity index (χ3n) is 8.56. The van der Waals surface area contributed by atoms with E-state index in [-0.39, 0.29) is 11.9 Å². The molecule has 0 atom stereocenters. The smallest absolute Gasteiger partial charge is 0.348 e. The van der Waals surface area contributed by atoms with Gasteiger partial charge in [0, 0.05) is 0 Å². The van der Waals surface area contributed by atoms with Crippen LogP contribution in [0.5, 0.6) is 0 Å². The summed E-state index contributed by atoms with van der Waals surface area (Å²) in [7, 11) is 6.89. The van der Waals surface area contributed by atoms with Crippen LogP contribution < -0.4 is 2.89 Å². The summed E-state index contributed by atoms with van der Waals surface area (Å²) in [6.07, 6.45) is 16.0. The average molecular weight is 927 g/mol. The van der Waals surface area contributed by atoms with Crippen LogP contribution >= 0.6 is 31.6 Å². The van der Waals surface area contributed by atoms with Crippen molar-refractivity contribution in [3.63, 3.8) is 0 Å². The van der Waals surface area contributed by atoms with E-state index in [9.17, 15) is 9.59 Å². The maximum Gasteiger partial charge on any atom is 0.348 e. The van der Waals surface area contributed by atoms with E-state index in [1.165, 1.54) is 115 Å². The van der Waals surface area contributed by atoms with E-state index < -0.39 is 35.6 Å². The summed E-state index contributed by atoms with van der Waals surface area (Å²) in [6, 6.07) is 7.89. The van der Waals surface area contributed by atoms with Crippen LogP contribution in [0.2, 0.25) is 26.6 Å². The first-order valence-corrected chi connectivity index (χ1v) is 37.7. The van der Waals surface area contributed by atoms with Crippen molar-refractivity contribution in [3.05, 3.63) is 39.4 Å². The Labute approximate surface area is 310 Å². The number of esters is 2. The van der Waals surface area contributed by atoms with Crippen LogP contribution in [0.15, 0.2) is 29.6 Å². The number of hydrogen-bond acceptors (Lipinski definition) is 6. The second kappa shape index (κ2) is 29.9. The third kappa shape index (κ3) is 20.6. The van der Waals surface area contributed by atoms with Gasteiger partial charge in [0.25, 0.3) is 0 Å². The molecule has 0 spiro atoms. The van der Waals surface area contributed by atoms with Crippen molar-refractivity contribution in [1.29, 1.82) is 0 Å². The fraction of sp³-hybridized carbons (Fsp3) is 0.737. The molecule has 9 heteroatoms. The Morgan fingerprint density at radius 2 is 1.00 bits per heavy atom. The summed E-state index contributed by atoms with van der Waals surface area (Å²) in [5.41, 5.74) is 0. The number of hydrogen-bond donors (Lipinski definition) is 0. The number of ether oxygens (including phenoxy) is 2. The SMILES string of the molecule is CCC[CH2][Sn]([CH2]CCC)([CH2]CCC)[c]1ccc(C(=O)OCC)s1.CCC[CH2][Sn]([Cl])([CH2]CCC)[CH2]CCC.CCOC(=O)c1cccs1.